The molecule has 0 saturated carbocycles. The fraction of sp³-hybridized carbons (Fsp3) is 0. The van der Waals surface area contributed by atoms with E-state index in [9.17, 15) is 19.7 Å². The summed E-state index contributed by atoms with van der Waals surface area (Å²) in [5.74, 6) is -1.51. The fourth-order valence-corrected chi connectivity index (χ4v) is 2.03. The molecule has 2 heterocycles. The van der Waals surface area contributed by atoms with Gasteiger partial charge in [0.15, 0.2) is 0 Å². The van der Waals surface area contributed by atoms with Crippen LogP contribution in [0.15, 0.2) is 29.8 Å². The molecule has 2 rings (SSSR count). The minimum atomic E-state index is -1.12. The van der Waals surface area contributed by atoms with E-state index in [4.69, 9.17) is 5.11 Å². The van der Waals surface area contributed by atoms with E-state index >= 15 is 0 Å². The standard InChI is InChI=1S/C11H7N3O5S/c15-10(7-3-9(14(18)19)20-5-7)13-8-2-1-6(4-12-8)11(16)17/h1-5H,(H,16,17)(H,12,13,15). The van der Waals surface area contributed by atoms with Crippen LogP contribution in [-0.2, 0) is 0 Å². The number of nitrogens with one attached hydrogen (secondary N) is 1. The van der Waals surface area contributed by atoms with E-state index < -0.39 is 16.8 Å². The highest BCUT2D eigenvalue weighted by Crippen LogP contribution is 2.23. The van der Waals surface area contributed by atoms with Crippen LogP contribution in [0.5, 0.6) is 0 Å². The Morgan fingerprint density at radius 1 is 1.35 bits per heavy atom. The third-order valence-corrected chi connectivity index (χ3v) is 3.16. The summed E-state index contributed by atoms with van der Waals surface area (Å²) in [6.45, 7) is 0. The quantitative estimate of drug-likeness (QED) is 0.656. The van der Waals surface area contributed by atoms with E-state index in [0.29, 0.717) is 0 Å². The molecule has 0 atom stereocenters. The monoisotopic (exact) mass is 293 g/mol. The predicted molar refractivity (Wildman–Crippen MR) is 70.1 cm³/mol. The van der Waals surface area contributed by atoms with Crippen molar-refractivity contribution in [1.82, 2.24) is 4.98 Å². The average molecular weight is 293 g/mol. The van der Waals surface area contributed by atoms with E-state index in [1.54, 1.807) is 0 Å². The van der Waals surface area contributed by atoms with Crippen LogP contribution < -0.4 is 5.32 Å². The van der Waals surface area contributed by atoms with Gasteiger partial charge in [0, 0.05) is 17.6 Å². The van der Waals surface area contributed by atoms with Crippen molar-refractivity contribution in [2.24, 2.45) is 0 Å². The van der Waals surface area contributed by atoms with Gasteiger partial charge in [-0.3, -0.25) is 14.9 Å². The Hall–Kier alpha value is -2.81. The van der Waals surface area contributed by atoms with Gasteiger partial charge in [0.2, 0.25) is 0 Å². The number of carboxylic acids is 1. The SMILES string of the molecule is O=C(O)c1ccc(NC(=O)c2csc([N+](=O)[O-])c2)nc1. The van der Waals surface area contributed by atoms with Gasteiger partial charge in [-0.05, 0) is 12.1 Å². The Morgan fingerprint density at radius 2 is 2.10 bits per heavy atom. The summed E-state index contributed by atoms with van der Waals surface area (Å²) in [6.07, 6.45) is 1.11. The highest BCUT2D eigenvalue weighted by molar-refractivity contribution is 7.13. The van der Waals surface area contributed by atoms with Crippen LogP contribution in [0, 0.1) is 10.1 Å². The van der Waals surface area contributed by atoms with Gasteiger partial charge in [-0.15, -0.1) is 0 Å². The number of amides is 1. The number of hydrogen-bond donors (Lipinski definition) is 2. The zero-order valence-electron chi connectivity index (χ0n) is 9.77. The number of carbonyl (C=O) groups is 2. The van der Waals surface area contributed by atoms with Crippen LogP contribution in [0.4, 0.5) is 10.8 Å². The van der Waals surface area contributed by atoms with Crippen molar-refractivity contribution in [1.29, 1.82) is 0 Å². The van der Waals surface area contributed by atoms with Gasteiger partial charge in [0.1, 0.15) is 5.82 Å². The molecule has 0 radical (unpaired) electrons. The maximum absolute atomic E-state index is 11.8. The van der Waals surface area contributed by atoms with E-state index in [0.717, 1.165) is 23.6 Å². The van der Waals surface area contributed by atoms with Crippen molar-refractivity contribution in [2.45, 2.75) is 0 Å². The molecule has 0 fully saturated rings. The van der Waals surface area contributed by atoms with Gasteiger partial charge >= 0.3 is 11.0 Å². The fourth-order valence-electron chi connectivity index (χ4n) is 1.32. The van der Waals surface area contributed by atoms with Crippen molar-refractivity contribution in [3.05, 3.63) is 51.0 Å². The largest absolute Gasteiger partial charge is 0.478 e. The first-order valence-electron chi connectivity index (χ1n) is 5.21. The molecule has 0 aliphatic carbocycles. The lowest BCUT2D eigenvalue weighted by atomic mass is 10.3. The Bertz CT molecular complexity index is 680. The molecule has 9 heteroatoms. The lowest BCUT2D eigenvalue weighted by Gasteiger charge is -2.02. The molecule has 2 aromatic rings. The molecular weight excluding hydrogens is 286 g/mol. The van der Waals surface area contributed by atoms with Gasteiger partial charge in [-0.1, -0.05) is 11.3 Å². The van der Waals surface area contributed by atoms with Crippen molar-refractivity contribution in [3.63, 3.8) is 0 Å². The zero-order valence-corrected chi connectivity index (χ0v) is 10.6. The molecule has 2 aromatic heterocycles. The molecule has 0 unspecified atom stereocenters. The molecule has 0 saturated heterocycles. The van der Waals surface area contributed by atoms with Crippen LogP contribution in [0.25, 0.3) is 0 Å². The van der Waals surface area contributed by atoms with Crippen molar-refractivity contribution >= 4 is 34.0 Å². The second-order valence-corrected chi connectivity index (χ2v) is 4.51. The summed E-state index contributed by atoms with van der Waals surface area (Å²) in [5, 5.41) is 22.9. The molecule has 8 nitrogen and oxygen atoms in total. The summed E-state index contributed by atoms with van der Waals surface area (Å²) >= 11 is 0.845. The summed E-state index contributed by atoms with van der Waals surface area (Å²) in [7, 11) is 0. The van der Waals surface area contributed by atoms with Crippen LogP contribution in [0.2, 0.25) is 0 Å². The lowest BCUT2D eigenvalue weighted by molar-refractivity contribution is -0.380. The molecule has 0 spiro atoms. The van der Waals surface area contributed by atoms with Gasteiger partial charge in [-0.25, -0.2) is 9.78 Å². The number of aromatic nitrogens is 1. The molecule has 0 aliphatic rings. The summed E-state index contributed by atoms with van der Waals surface area (Å²) in [4.78, 5) is 36.1. The number of nitro groups is 1. The minimum absolute atomic E-state index is 0.00540. The number of anilines is 1. The smallest absolute Gasteiger partial charge is 0.337 e. The number of hydrogen-bond acceptors (Lipinski definition) is 6. The van der Waals surface area contributed by atoms with E-state index in [1.165, 1.54) is 17.5 Å². The van der Waals surface area contributed by atoms with Gasteiger partial charge in [0.25, 0.3) is 5.91 Å². The number of aromatic carboxylic acids is 1. The second kappa shape index (κ2) is 5.45. The predicted octanol–water partition coefficient (Wildman–Crippen LogP) is 2.00. The first-order valence-corrected chi connectivity index (χ1v) is 6.09. The number of carbonyl (C=O) groups excluding carboxylic acids is 1. The number of rotatable bonds is 4. The Balaban J connectivity index is 2.10. The third-order valence-electron chi connectivity index (χ3n) is 2.28. The first kappa shape index (κ1) is 13.6. The highest BCUT2D eigenvalue weighted by Gasteiger charge is 2.15. The lowest BCUT2D eigenvalue weighted by Crippen LogP contribution is -2.12. The van der Waals surface area contributed by atoms with E-state index in [2.05, 4.69) is 10.3 Å². The summed E-state index contributed by atoms with van der Waals surface area (Å²) < 4.78 is 0. The molecule has 102 valence electrons. The zero-order chi connectivity index (χ0) is 14.7. The number of pyridine rings is 1. The van der Waals surface area contributed by atoms with Crippen LogP contribution >= 0.6 is 11.3 Å². The summed E-state index contributed by atoms with van der Waals surface area (Å²) in [5.41, 5.74) is 0.139. The van der Waals surface area contributed by atoms with Gasteiger partial charge in [-0.2, -0.15) is 0 Å². The molecule has 0 aliphatic heterocycles. The molecule has 0 bridgehead atoms. The molecular formula is C11H7N3O5S. The van der Waals surface area contributed by atoms with Crippen LogP contribution in [-0.4, -0.2) is 26.9 Å². The number of thiophene rings is 1. The Labute approximate surface area is 115 Å². The first-order chi connectivity index (χ1) is 9.47. The number of carboxylic acid groups (broad SMARTS) is 1. The van der Waals surface area contributed by atoms with Crippen molar-refractivity contribution < 1.29 is 19.6 Å². The topological polar surface area (TPSA) is 122 Å². The minimum Gasteiger partial charge on any atom is -0.478 e. The van der Waals surface area contributed by atoms with Crippen LogP contribution in [0.3, 0.4) is 0 Å². The maximum atomic E-state index is 11.8. The normalized spacial score (nSPS) is 10.0. The number of nitrogens with zero attached hydrogens (tertiary/aromatic N) is 2. The summed E-state index contributed by atoms with van der Waals surface area (Å²) in [6, 6.07) is 3.79. The van der Waals surface area contributed by atoms with Crippen molar-refractivity contribution in [3.8, 4) is 0 Å². The van der Waals surface area contributed by atoms with E-state index in [-0.39, 0.29) is 21.9 Å². The second-order valence-electron chi connectivity index (χ2n) is 3.62. The molecule has 1 amide bonds. The highest BCUT2D eigenvalue weighted by atomic mass is 32.1. The third kappa shape index (κ3) is 2.95. The molecule has 0 aromatic carbocycles. The Kier molecular flexibility index (Phi) is 3.71. The maximum Gasteiger partial charge on any atom is 0.337 e. The molecule has 2 N–H and O–H groups in total. The van der Waals surface area contributed by atoms with Crippen LogP contribution in [0.1, 0.15) is 20.7 Å². The van der Waals surface area contributed by atoms with Gasteiger partial charge in [0.05, 0.1) is 16.1 Å². The van der Waals surface area contributed by atoms with Gasteiger partial charge < -0.3 is 10.4 Å². The van der Waals surface area contributed by atoms with Crippen molar-refractivity contribution in [2.75, 3.05) is 5.32 Å². The van der Waals surface area contributed by atoms with E-state index in [1.807, 2.05) is 0 Å². The average Bonchev–Trinajstić information content (AvgIpc) is 2.89. The Morgan fingerprint density at radius 3 is 2.60 bits per heavy atom. The molecule has 20 heavy (non-hydrogen) atoms.